The Balaban J connectivity index is 1.32. The predicted octanol–water partition coefficient (Wildman–Crippen LogP) is 2.33. The van der Waals surface area contributed by atoms with Gasteiger partial charge in [-0.2, -0.15) is 0 Å². The summed E-state index contributed by atoms with van der Waals surface area (Å²) in [5.41, 5.74) is 2.20. The third-order valence-corrected chi connectivity index (χ3v) is 6.04. The van der Waals surface area contributed by atoms with E-state index in [9.17, 15) is 14.9 Å². The second-order valence-corrected chi connectivity index (χ2v) is 8.05. The Morgan fingerprint density at radius 3 is 2.55 bits per heavy atom. The van der Waals surface area contributed by atoms with Gasteiger partial charge in [-0.25, -0.2) is 0 Å². The monoisotopic (exact) mass is 468 g/mol. The van der Waals surface area contributed by atoms with Crippen LogP contribution in [0.3, 0.4) is 0 Å². The van der Waals surface area contributed by atoms with Crippen molar-refractivity contribution in [1.82, 2.24) is 19.4 Å². The normalized spacial score (nSPS) is 14.3. The van der Waals surface area contributed by atoms with E-state index in [-0.39, 0.29) is 11.2 Å². The summed E-state index contributed by atoms with van der Waals surface area (Å²) >= 11 is 5.51. The zero-order valence-electron chi connectivity index (χ0n) is 18.1. The number of ether oxygens (including phenoxy) is 1. The second-order valence-electron chi connectivity index (χ2n) is 7.67. The summed E-state index contributed by atoms with van der Waals surface area (Å²) < 4.78 is 7.00. The Morgan fingerprint density at radius 1 is 1.15 bits per heavy atom. The van der Waals surface area contributed by atoms with Crippen LogP contribution in [0.2, 0.25) is 0 Å². The molecule has 10 nitrogen and oxygen atoms in total. The number of nitrogens with one attached hydrogen (secondary N) is 1. The minimum atomic E-state index is -0.430. The quantitative estimate of drug-likeness (QED) is 0.331. The molecule has 0 radical (unpaired) electrons. The Bertz CT molecular complexity index is 1220. The summed E-state index contributed by atoms with van der Waals surface area (Å²) in [4.78, 5) is 31.6. The van der Waals surface area contributed by atoms with Crippen molar-refractivity contribution in [3.8, 4) is 5.75 Å². The SMILES string of the molecule is COc1cnc2ccc(=O)n(CCN3CCN(C(=S)Nc4ccc([N+](=O)[O-])cc4)CC3)c2c1. The van der Waals surface area contributed by atoms with Gasteiger partial charge in [0, 0.05) is 69.2 Å². The van der Waals surface area contributed by atoms with Crippen LogP contribution in [-0.2, 0) is 6.54 Å². The smallest absolute Gasteiger partial charge is 0.269 e. The number of hydrogen-bond donors (Lipinski definition) is 1. The molecule has 2 aromatic heterocycles. The van der Waals surface area contributed by atoms with Crippen LogP contribution in [0.4, 0.5) is 11.4 Å². The highest BCUT2D eigenvalue weighted by molar-refractivity contribution is 7.80. The van der Waals surface area contributed by atoms with E-state index in [1.54, 1.807) is 42.1 Å². The fourth-order valence-electron chi connectivity index (χ4n) is 3.78. The van der Waals surface area contributed by atoms with Crippen LogP contribution in [0, 0.1) is 10.1 Å². The van der Waals surface area contributed by atoms with Crippen molar-refractivity contribution >= 4 is 39.7 Å². The molecule has 1 fully saturated rings. The first-order valence-corrected chi connectivity index (χ1v) is 10.9. The zero-order chi connectivity index (χ0) is 23.4. The number of benzene rings is 1. The van der Waals surface area contributed by atoms with Gasteiger partial charge in [0.05, 0.1) is 29.3 Å². The Kier molecular flexibility index (Phi) is 6.80. The first-order valence-electron chi connectivity index (χ1n) is 10.5. The van der Waals surface area contributed by atoms with Crippen LogP contribution in [0.15, 0.2) is 53.5 Å². The average Bonchev–Trinajstić information content (AvgIpc) is 2.83. The maximum Gasteiger partial charge on any atom is 0.269 e. The van der Waals surface area contributed by atoms with Gasteiger partial charge >= 0.3 is 0 Å². The number of rotatable bonds is 6. The lowest BCUT2D eigenvalue weighted by Gasteiger charge is -2.36. The number of nitro groups is 1. The van der Waals surface area contributed by atoms with Crippen molar-refractivity contribution < 1.29 is 9.66 Å². The van der Waals surface area contributed by atoms with E-state index in [0.717, 1.165) is 43.8 Å². The van der Waals surface area contributed by atoms with E-state index in [1.807, 2.05) is 6.07 Å². The van der Waals surface area contributed by atoms with Crippen LogP contribution in [-0.4, -0.2) is 69.2 Å². The number of aromatic nitrogens is 2. The molecule has 1 aliphatic rings. The van der Waals surface area contributed by atoms with Crippen molar-refractivity contribution in [3.63, 3.8) is 0 Å². The largest absolute Gasteiger partial charge is 0.495 e. The van der Waals surface area contributed by atoms with Crippen molar-refractivity contribution in [2.24, 2.45) is 0 Å². The number of piperazine rings is 1. The molecule has 4 rings (SSSR count). The van der Waals surface area contributed by atoms with Gasteiger partial charge in [-0.15, -0.1) is 0 Å². The number of methoxy groups -OCH3 is 1. The Morgan fingerprint density at radius 2 is 1.88 bits per heavy atom. The molecule has 0 saturated carbocycles. The second kappa shape index (κ2) is 9.92. The van der Waals surface area contributed by atoms with Gasteiger partial charge in [0.25, 0.3) is 11.2 Å². The van der Waals surface area contributed by atoms with E-state index in [0.29, 0.717) is 23.1 Å². The number of nitrogens with zero attached hydrogens (tertiary/aromatic N) is 5. The van der Waals surface area contributed by atoms with Crippen LogP contribution in [0.5, 0.6) is 5.75 Å². The molecule has 3 aromatic rings. The van der Waals surface area contributed by atoms with Crippen LogP contribution >= 0.6 is 12.2 Å². The highest BCUT2D eigenvalue weighted by Crippen LogP contribution is 2.18. The Labute approximate surface area is 195 Å². The van der Waals surface area contributed by atoms with E-state index >= 15 is 0 Å². The summed E-state index contributed by atoms with van der Waals surface area (Å²) in [6, 6.07) is 11.3. The number of anilines is 1. The summed E-state index contributed by atoms with van der Waals surface area (Å²) in [6.45, 7) is 4.40. The molecule has 33 heavy (non-hydrogen) atoms. The van der Waals surface area contributed by atoms with E-state index in [1.165, 1.54) is 12.1 Å². The van der Waals surface area contributed by atoms with E-state index in [2.05, 4.69) is 20.1 Å². The highest BCUT2D eigenvalue weighted by Gasteiger charge is 2.19. The van der Waals surface area contributed by atoms with E-state index in [4.69, 9.17) is 17.0 Å². The minimum absolute atomic E-state index is 0.0413. The molecule has 0 atom stereocenters. The number of non-ortho nitro benzene ring substituents is 1. The number of hydrogen-bond acceptors (Lipinski definition) is 7. The molecular weight excluding hydrogens is 444 g/mol. The number of nitro benzene ring substituents is 1. The molecule has 172 valence electrons. The first-order chi connectivity index (χ1) is 15.9. The molecule has 0 bridgehead atoms. The topological polar surface area (TPSA) is 106 Å². The summed E-state index contributed by atoms with van der Waals surface area (Å²) in [5, 5.41) is 14.5. The lowest BCUT2D eigenvalue weighted by atomic mass is 10.2. The van der Waals surface area contributed by atoms with Gasteiger partial charge in [0.1, 0.15) is 5.75 Å². The molecule has 1 aliphatic heterocycles. The molecular formula is C22H24N6O4S. The van der Waals surface area contributed by atoms with Gasteiger partial charge in [0.2, 0.25) is 0 Å². The standard InChI is InChI=1S/C22H24N6O4S/c1-32-18-14-20-19(23-15-18)6-7-21(29)27(20)13-10-25-8-11-26(12-9-25)22(33)24-16-2-4-17(5-3-16)28(30)31/h2-7,14-15H,8-13H2,1H3,(H,24,33). The predicted molar refractivity (Wildman–Crippen MR) is 130 cm³/mol. The lowest BCUT2D eigenvalue weighted by molar-refractivity contribution is -0.384. The van der Waals surface area contributed by atoms with Gasteiger partial charge in [-0.1, -0.05) is 0 Å². The summed E-state index contributed by atoms with van der Waals surface area (Å²) in [5.74, 6) is 0.615. The third-order valence-electron chi connectivity index (χ3n) is 5.68. The summed E-state index contributed by atoms with van der Waals surface area (Å²) in [6.07, 6.45) is 1.64. The summed E-state index contributed by atoms with van der Waals surface area (Å²) in [7, 11) is 1.58. The molecule has 1 saturated heterocycles. The van der Waals surface area contributed by atoms with Crippen LogP contribution in [0.1, 0.15) is 0 Å². The zero-order valence-corrected chi connectivity index (χ0v) is 19.0. The molecule has 3 heterocycles. The molecule has 0 aliphatic carbocycles. The number of pyridine rings is 2. The number of thiocarbonyl (C=S) groups is 1. The lowest BCUT2D eigenvalue weighted by Crippen LogP contribution is -2.50. The van der Waals surface area contributed by atoms with Gasteiger partial charge in [0.15, 0.2) is 5.11 Å². The Hall–Kier alpha value is -3.57. The average molecular weight is 469 g/mol. The van der Waals surface area contributed by atoms with Crippen molar-refractivity contribution in [3.05, 3.63) is 69.1 Å². The fraction of sp³-hybridized carbons (Fsp3) is 0.318. The maximum atomic E-state index is 12.5. The van der Waals surface area contributed by atoms with Crippen LogP contribution in [0.25, 0.3) is 11.0 Å². The number of fused-ring (bicyclic) bond motifs is 1. The molecule has 0 unspecified atom stereocenters. The fourth-order valence-corrected chi connectivity index (χ4v) is 4.08. The molecule has 1 aromatic carbocycles. The molecule has 0 spiro atoms. The van der Waals surface area contributed by atoms with E-state index < -0.39 is 4.92 Å². The minimum Gasteiger partial charge on any atom is -0.495 e. The third kappa shape index (κ3) is 5.26. The molecule has 11 heteroatoms. The van der Waals surface area contributed by atoms with Gasteiger partial charge < -0.3 is 19.5 Å². The van der Waals surface area contributed by atoms with Crippen molar-refractivity contribution in [2.45, 2.75) is 6.54 Å². The molecule has 0 amide bonds. The molecule has 1 N–H and O–H groups in total. The van der Waals surface area contributed by atoms with Gasteiger partial charge in [-0.3, -0.25) is 24.8 Å². The van der Waals surface area contributed by atoms with Crippen LogP contribution < -0.4 is 15.6 Å². The van der Waals surface area contributed by atoms with Gasteiger partial charge in [-0.05, 0) is 30.4 Å². The van der Waals surface area contributed by atoms with Crippen molar-refractivity contribution in [1.29, 1.82) is 0 Å². The maximum absolute atomic E-state index is 12.5. The van der Waals surface area contributed by atoms with Crippen molar-refractivity contribution in [2.75, 3.05) is 45.2 Å². The highest BCUT2D eigenvalue weighted by atomic mass is 32.1. The first kappa shape index (κ1) is 22.6.